The molecule has 0 radical (unpaired) electrons. The van der Waals surface area contributed by atoms with E-state index in [0.29, 0.717) is 24.0 Å². The average Bonchev–Trinajstić information content (AvgIpc) is 2.67. The molecule has 6 heteroatoms. The van der Waals surface area contributed by atoms with Gasteiger partial charge in [0.25, 0.3) is 0 Å². The lowest BCUT2D eigenvalue weighted by Crippen LogP contribution is -2.34. The summed E-state index contributed by atoms with van der Waals surface area (Å²) in [6, 6.07) is -0.370. The zero-order valence-electron chi connectivity index (χ0n) is 9.32. The molecule has 0 amide bonds. The maximum Gasteiger partial charge on any atom is 0.333 e. The van der Waals surface area contributed by atoms with E-state index in [1.807, 2.05) is 0 Å². The molecule has 0 aromatic rings. The Labute approximate surface area is 98.6 Å². The highest BCUT2D eigenvalue weighted by Crippen LogP contribution is 2.22. The van der Waals surface area contributed by atoms with Crippen molar-refractivity contribution in [2.45, 2.75) is 19.9 Å². The van der Waals surface area contributed by atoms with Gasteiger partial charge in [0.2, 0.25) is 0 Å². The molecule has 1 atom stereocenters. The minimum absolute atomic E-state index is 0.290. The zero-order valence-corrected chi connectivity index (χ0v) is 10.1. The normalized spacial score (nSPS) is 21.6. The average molecular weight is 245 g/mol. The van der Waals surface area contributed by atoms with Crippen molar-refractivity contribution in [2.75, 3.05) is 19.0 Å². The van der Waals surface area contributed by atoms with E-state index in [1.165, 1.54) is 17.8 Å². The summed E-state index contributed by atoms with van der Waals surface area (Å²) in [5.74, 6) is -0.117. The van der Waals surface area contributed by atoms with Crippen molar-refractivity contribution in [2.24, 2.45) is 0 Å². The summed E-state index contributed by atoms with van der Waals surface area (Å²) in [5, 5.41) is 3.56. The first kappa shape index (κ1) is 12.9. The Bertz CT molecular complexity index is 303. The van der Waals surface area contributed by atoms with Gasteiger partial charge in [-0.1, -0.05) is 0 Å². The zero-order chi connectivity index (χ0) is 12.0. The number of carbonyl (C=O) groups is 2. The highest BCUT2D eigenvalue weighted by atomic mass is 32.2. The van der Waals surface area contributed by atoms with Crippen LogP contribution < -0.4 is 5.32 Å². The molecule has 0 saturated carbocycles. The van der Waals surface area contributed by atoms with E-state index in [0.717, 1.165) is 0 Å². The van der Waals surface area contributed by atoms with Crippen molar-refractivity contribution in [3.63, 3.8) is 0 Å². The second-order valence-electron chi connectivity index (χ2n) is 3.02. The third-order valence-corrected chi connectivity index (χ3v) is 2.88. The molecule has 1 aliphatic rings. The van der Waals surface area contributed by atoms with Crippen molar-refractivity contribution in [1.29, 1.82) is 0 Å². The summed E-state index contributed by atoms with van der Waals surface area (Å²) in [6.45, 7) is 4.20. The summed E-state index contributed by atoms with van der Waals surface area (Å²) in [4.78, 5) is 22.5. The molecule has 1 rings (SSSR count). The third kappa shape index (κ3) is 3.77. The second-order valence-corrected chi connectivity index (χ2v) is 4.08. The van der Waals surface area contributed by atoms with Crippen LogP contribution in [-0.2, 0) is 19.1 Å². The minimum Gasteiger partial charge on any atom is -0.464 e. The van der Waals surface area contributed by atoms with Crippen molar-refractivity contribution in [3.8, 4) is 0 Å². The van der Waals surface area contributed by atoms with E-state index in [4.69, 9.17) is 9.47 Å². The Morgan fingerprint density at radius 1 is 1.44 bits per heavy atom. The molecule has 0 aliphatic carbocycles. The molecule has 90 valence electrons. The maximum atomic E-state index is 11.4. The molecule has 16 heavy (non-hydrogen) atoms. The molecule has 1 N–H and O–H groups in total. The van der Waals surface area contributed by atoms with Crippen LogP contribution in [0, 0.1) is 0 Å². The van der Waals surface area contributed by atoms with Gasteiger partial charge in [-0.05, 0) is 13.8 Å². The van der Waals surface area contributed by atoms with E-state index in [2.05, 4.69) is 5.32 Å². The second kappa shape index (κ2) is 6.42. The summed E-state index contributed by atoms with van der Waals surface area (Å²) in [5.41, 5.74) is 0. The van der Waals surface area contributed by atoms with Gasteiger partial charge in [0.15, 0.2) is 0 Å². The van der Waals surface area contributed by atoms with Gasteiger partial charge < -0.3 is 14.8 Å². The lowest BCUT2D eigenvalue weighted by atomic mass is 10.3. The first-order valence-corrected chi connectivity index (χ1v) is 6.10. The van der Waals surface area contributed by atoms with Crippen LogP contribution in [-0.4, -0.2) is 36.9 Å². The van der Waals surface area contributed by atoms with Gasteiger partial charge in [-0.25, -0.2) is 9.59 Å². The van der Waals surface area contributed by atoms with E-state index >= 15 is 0 Å². The van der Waals surface area contributed by atoms with Gasteiger partial charge in [-0.15, -0.1) is 11.8 Å². The first-order chi connectivity index (χ1) is 7.67. The van der Waals surface area contributed by atoms with Crippen LogP contribution in [0.25, 0.3) is 0 Å². The Morgan fingerprint density at radius 3 is 2.75 bits per heavy atom. The summed E-state index contributed by atoms with van der Waals surface area (Å²) < 4.78 is 9.63. The number of thioether (sulfide) groups is 1. The molecular weight excluding hydrogens is 230 g/mol. The first-order valence-electron chi connectivity index (χ1n) is 5.11. The van der Waals surface area contributed by atoms with Crippen LogP contribution in [0.5, 0.6) is 0 Å². The van der Waals surface area contributed by atoms with Gasteiger partial charge in [-0.2, -0.15) is 0 Å². The fraction of sp³-hybridized carbons (Fsp3) is 0.600. The largest absolute Gasteiger partial charge is 0.464 e. The number of rotatable bonds is 4. The molecule has 1 saturated heterocycles. The number of carbonyl (C=O) groups excluding carboxylic acids is 2. The molecule has 1 fully saturated rings. The quantitative estimate of drug-likeness (QED) is 0.580. The standard InChI is InChI=1S/C10H15NO4S/c1-3-14-9(12)5-8-11-7(6-16-8)10(13)15-4-2/h5,7,11H,3-4,6H2,1-2H3/b8-5+/t7-/m0/s1. The predicted octanol–water partition coefficient (Wildman–Crippen LogP) is 0.659. The van der Waals surface area contributed by atoms with Crippen LogP contribution in [0.2, 0.25) is 0 Å². The molecule has 0 unspecified atom stereocenters. The fourth-order valence-corrected chi connectivity index (χ4v) is 2.14. The number of hydrogen-bond donors (Lipinski definition) is 1. The molecule has 1 heterocycles. The van der Waals surface area contributed by atoms with E-state index in [1.54, 1.807) is 13.8 Å². The smallest absolute Gasteiger partial charge is 0.333 e. The number of ether oxygens (including phenoxy) is 2. The molecule has 1 aliphatic heterocycles. The van der Waals surface area contributed by atoms with Gasteiger partial charge in [0.1, 0.15) is 6.04 Å². The van der Waals surface area contributed by atoms with Crippen molar-refractivity contribution >= 4 is 23.7 Å². The summed E-state index contributed by atoms with van der Waals surface area (Å²) in [7, 11) is 0. The monoisotopic (exact) mass is 245 g/mol. The SMILES string of the molecule is CCOC(=O)/C=C1\N[C@H](C(=O)OCC)CS1. The molecular formula is C10H15NO4S. The highest BCUT2D eigenvalue weighted by Gasteiger charge is 2.27. The van der Waals surface area contributed by atoms with Crippen LogP contribution in [0.15, 0.2) is 11.1 Å². The lowest BCUT2D eigenvalue weighted by Gasteiger charge is -2.08. The molecule has 0 bridgehead atoms. The Morgan fingerprint density at radius 2 is 2.12 bits per heavy atom. The topological polar surface area (TPSA) is 64.6 Å². The molecule has 0 aromatic heterocycles. The number of nitrogens with one attached hydrogen (secondary N) is 1. The van der Waals surface area contributed by atoms with Gasteiger partial charge in [0.05, 0.1) is 24.3 Å². The van der Waals surface area contributed by atoms with Crippen molar-refractivity contribution in [1.82, 2.24) is 5.32 Å². The Kier molecular flexibility index (Phi) is 5.18. The fourth-order valence-electron chi connectivity index (χ4n) is 1.17. The number of hydrogen-bond acceptors (Lipinski definition) is 6. The van der Waals surface area contributed by atoms with E-state index < -0.39 is 5.97 Å². The molecule has 0 aromatic carbocycles. The van der Waals surface area contributed by atoms with E-state index in [-0.39, 0.29) is 12.0 Å². The third-order valence-electron chi connectivity index (χ3n) is 1.83. The van der Waals surface area contributed by atoms with Gasteiger partial charge >= 0.3 is 11.9 Å². The van der Waals surface area contributed by atoms with Gasteiger partial charge in [-0.3, -0.25) is 0 Å². The van der Waals surface area contributed by atoms with Crippen LogP contribution in [0.3, 0.4) is 0 Å². The van der Waals surface area contributed by atoms with Crippen LogP contribution in [0.1, 0.15) is 13.8 Å². The van der Waals surface area contributed by atoms with Crippen molar-refractivity contribution in [3.05, 3.63) is 11.1 Å². The van der Waals surface area contributed by atoms with Crippen molar-refractivity contribution < 1.29 is 19.1 Å². The maximum absolute atomic E-state index is 11.4. The van der Waals surface area contributed by atoms with Gasteiger partial charge in [0, 0.05) is 5.75 Å². The highest BCUT2D eigenvalue weighted by molar-refractivity contribution is 8.03. The number of esters is 2. The van der Waals surface area contributed by atoms with E-state index in [9.17, 15) is 9.59 Å². The lowest BCUT2D eigenvalue weighted by molar-refractivity contribution is -0.144. The Hall–Kier alpha value is -1.17. The van der Waals surface area contributed by atoms with Crippen LogP contribution in [0.4, 0.5) is 0 Å². The predicted molar refractivity (Wildman–Crippen MR) is 60.7 cm³/mol. The molecule has 0 spiro atoms. The molecule has 5 nitrogen and oxygen atoms in total. The summed E-state index contributed by atoms with van der Waals surface area (Å²) in [6.07, 6.45) is 1.35. The van der Waals surface area contributed by atoms with Crippen LogP contribution >= 0.6 is 11.8 Å². The minimum atomic E-state index is -0.401. The Balaban J connectivity index is 2.45. The summed E-state index contributed by atoms with van der Waals surface area (Å²) >= 11 is 1.41.